The quantitative estimate of drug-likeness (QED) is 0.318. The van der Waals surface area contributed by atoms with E-state index in [9.17, 15) is 9.00 Å². The molecule has 0 aliphatic heterocycles. The molecule has 1 amide bonds. The van der Waals surface area contributed by atoms with Crippen LogP contribution in [-0.2, 0) is 15.8 Å². The molecule has 0 heterocycles. The zero-order valence-electron chi connectivity index (χ0n) is 20.7. The molecule has 2 N–H and O–H groups in total. The fourth-order valence-corrected chi connectivity index (χ4v) is 4.32. The van der Waals surface area contributed by atoms with Crippen LogP contribution in [0.15, 0.2) is 81.1 Å². The maximum atomic E-state index is 13.0. The second kappa shape index (κ2) is 17.7. The van der Waals surface area contributed by atoms with Gasteiger partial charge in [-0.3, -0.25) is 9.79 Å². The normalized spacial score (nSPS) is 12.3. The monoisotopic (exact) mass is 563 g/mol. The Labute approximate surface area is 219 Å². The third kappa shape index (κ3) is 11.5. The van der Waals surface area contributed by atoms with Crippen LogP contribution in [0.2, 0.25) is 0 Å². The van der Waals surface area contributed by atoms with Crippen LogP contribution in [0.1, 0.15) is 36.7 Å². The van der Waals surface area contributed by atoms with E-state index >= 15 is 0 Å². The van der Waals surface area contributed by atoms with Crippen LogP contribution in [0.25, 0.3) is 0 Å². The Morgan fingerprint density at radius 2 is 1.91 bits per heavy atom. The predicted molar refractivity (Wildman–Crippen MR) is 149 cm³/mol. The second-order valence-corrected chi connectivity index (χ2v) is 9.43. The third-order valence-corrected chi connectivity index (χ3v) is 6.58. The van der Waals surface area contributed by atoms with Gasteiger partial charge in [0.15, 0.2) is 0 Å². The van der Waals surface area contributed by atoms with E-state index < -0.39 is 17.2 Å². The van der Waals surface area contributed by atoms with Crippen molar-refractivity contribution in [3.8, 4) is 0 Å². The van der Waals surface area contributed by atoms with E-state index in [0.29, 0.717) is 23.5 Å². The highest BCUT2D eigenvalue weighted by atomic mass is 79.9. The topological polar surface area (TPSA) is 99.1 Å². The number of halogens is 1. The molecule has 0 radical (unpaired) electrons. The van der Waals surface area contributed by atoms with Gasteiger partial charge in [-0.2, -0.15) is 0 Å². The van der Waals surface area contributed by atoms with Gasteiger partial charge in [-0.05, 0) is 75.0 Å². The summed E-state index contributed by atoms with van der Waals surface area (Å²) in [6, 6.07) is 12.6. The minimum Gasteiger partial charge on any atom is -0.372 e. The number of nitrogens with one attached hydrogen (secondary N) is 1. The largest absolute Gasteiger partial charge is 0.372 e. The van der Waals surface area contributed by atoms with Crippen molar-refractivity contribution in [1.82, 2.24) is 4.31 Å². The van der Waals surface area contributed by atoms with Crippen molar-refractivity contribution >= 4 is 52.0 Å². The molecule has 2 atom stereocenters. The molecule has 0 aliphatic carbocycles. The SMILES string of the molecule is C=C/C(=C\C)CN(CC)S(=O)c1cccc(C(=O)Nc2ccc(Br)cc2C)c1.C=NC(C)O.C=O. The van der Waals surface area contributed by atoms with Crippen LogP contribution in [0.3, 0.4) is 0 Å². The number of hydrogen-bond donors (Lipinski definition) is 2. The van der Waals surface area contributed by atoms with Crippen LogP contribution in [0.5, 0.6) is 0 Å². The Kier molecular flexibility index (Phi) is 16.3. The summed E-state index contributed by atoms with van der Waals surface area (Å²) in [6.07, 6.45) is 3.12. The molecule has 0 saturated heterocycles. The van der Waals surface area contributed by atoms with Gasteiger partial charge in [0.25, 0.3) is 5.91 Å². The lowest BCUT2D eigenvalue weighted by Gasteiger charge is -2.20. The molecule has 2 rings (SSSR count). The molecule has 7 nitrogen and oxygen atoms in total. The molecule has 9 heteroatoms. The van der Waals surface area contributed by atoms with Crippen LogP contribution in [0.4, 0.5) is 5.69 Å². The lowest BCUT2D eigenvalue weighted by molar-refractivity contribution is -0.0980. The first-order valence-electron chi connectivity index (χ1n) is 10.7. The van der Waals surface area contributed by atoms with E-state index in [-0.39, 0.29) is 5.91 Å². The van der Waals surface area contributed by atoms with Crippen molar-refractivity contribution in [1.29, 1.82) is 0 Å². The van der Waals surface area contributed by atoms with Crippen LogP contribution in [0, 0.1) is 6.92 Å². The highest BCUT2D eigenvalue weighted by Gasteiger charge is 2.16. The molecule has 0 saturated carbocycles. The molecule has 0 bridgehead atoms. The average molecular weight is 565 g/mol. The average Bonchev–Trinajstić information content (AvgIpc) is 2.87. The number of amides is 1. The van der Waals surface area contributed by atoms with Crippen LogP contribution < -0.4 is 5.32 Å². The first-order chi connectivity index (χ1) is 16.7. The van der Waals surface area contributed by atoms with Gasteiger partial charge in [-0.1, -0.05) is 47.7 Å². The van der Waals surface area contributed by atoms with Crippen LogP contribution >= 0.6 is 15.9 Å². The van der Waals surface area contributed by atoms with E-state index in [1.54, 1.807) is 37.3 Å². The number of allylic oxidation sites excluding steroid dienone is 1. The van der Waals surface area contributed by atoms with Gasteiger partial charge < -0.3 is 15.2 Å². The number of hydrogen-bond acceptors (Lipinski definition) is 5. The smallest absolute Gasteiger partial charge is 0.255 e. The number of carbonyl (C=O) groups excluding carboxylic acids is 2. The Morgan fingerprint density at radius 3 is 2.40 bits per heavy atom. The first kappa shape index (κ1) is 32.3. The summed E-state index contributed by atoms with van der Waals surface area (Å²) in [5.74, 6) is -0.229. The number of aliphatic imine (C=N–C) groups is 1. The molecule has 2 aromatic rings. The summed E-state index contributed by atoms with van der Waals surface area (Å²) in [5.41, 5.74) is 3.19. The molecule has 2 aromatic carbocycles. The van der Waals surface area contributed by atoms with E-state index in [4.69, 9.17) is 9.90 Å². The van der Waals surface area contributed by atoms with Gasteiger partial charge in [0, 0.05) is 28.8 Å². The maximum absolute atomic E-state index is 13.0. The molecule has 0 aromatic heterocycles. The molecular weight excluding hydrogens is 530 g/mol. The number of aryl methyl sites for hydroxylation is 1. The summed E-state index contributed by atoms with van der Waals surface area (Å²) in [5, 5.41) is 11.1. The zero-order valence-corrected chi connectivity index (χ0v) is 23.1. The minimum absolute atomic E-state index is 0.229. The van der Waals surface area contributed by atoms with Crippen molar-refractivity contribution in [2.75, 3.05) is 18.4 Å². The number of nitrogens with zero attached hydrogens (tertiary/aromatic N) is 2. The summed E-state index contributed by atoms with van der Waals surface area (Å²) in [6.45, 7) is 17.4. The summed E-state index contributed by atoms with van der Waals surface area (Å²) in [7, 11) is -1.37. The molecule has 0 aliphatic rings. The molecule has 0 spiro atoms. The van der Waals surface area contributed by atoms with Gasteiger partial charge in [0.05, 0.1) is 4.90 Å². The van der Waals surface area contributed by atoms with Crippen molar-refractivity contribution in [3.05, 3.63) is 82.4 Å². The highest BCUT2D eigenvalue weighted by molar-refractivity contribution is 9.10. The van der Waals surface area contributed by atoms with Crippen molar-refractivity contribution < 1.29 is 18.9 Å². The van der Waals surface area contributed by atoms with Gasteiger partial charge in [0.1, 0.15) is 24.0 Å². The fourth-order valence-electron chi connectivity index (χ4n) is 2.62. The van der Waals surface area contributed by atoms with E-state index in [1.165, 1.54) is 0 Å². The summed E-state index contributed by atoms with van der Waals surface area (Å²) >= 11 is 3.42. The number of anilines is 1. The second-order valence-electron chi connectivity index (χ2n) is 7.03. The Balaban J connectivity index is 0.00000146. The number of carbonyl (C=O) groups is 2. The first-order valence-corrected chi connectivity index (χ1v) is 12.6. The van der Waals surface area contributed by atoms with E-state index in [2.05, 4.69) is 39.5 Å². The third-order valence-electron chi connectivity index (χ3n) is 4.58. The van der Waals surface area contributed by atoms with Crippen molar-refractivity contribution in [2.45, 2.75) is 38.8 Å². The van der Waals surface area contributed by atoms with Crippen molar-refractivity contribution in [3.63, 3.8) is 0 Å². The predicted octanol–water partition coefficient (Wildman–Crippen LogP) is 5.33. The Morgan fingerprint density at radius 1 is 1.29 bits per heavy atom. The highest BCUT2D eigenvalue weighted by Crippen LogP contribution is 2.21. The van der Waals surface area contributed by atoms with Gasteiger partial charge in [-0.25, -0.2) is 8.51 Å². The fraction of sp³-hybridized carbons (Fsp3) is 0.269. The molecule has 190 valence electrons. The summed E-state index contributed by atoms with van der Waals surface area (Å²) < 4.78 is 15.8. The number of benzene rings is 2. The van der Waals surface area contributed by atoms with Gasteiger partial charge in [-0.15, -0.1) is 0 Å². The number of likely N-dealkylation sites (N-methyl/N-ethyl adjacent to an activating group) is 1. The zero-order chi connectivity index (χ0) is 27.0. The Hall–Kier alpha value is -2.72. The molecular formula is C26H34BrN3O4S. The Bertz CT molecular complexity index is 1040. The summed E-state index contributed by atoms with van der Waals surface area (Å²) in [4.78, 5) is 24.5. The number of aliphatic hydroxyl groups excluding tert-OH is 1. The minimum atomic E-state index is -1.37. The van der Waals surface area contributed by atoms with E-state index in [0.717, 1.165) is 21.3 Å². The number of aliphatic hydroxyl groups is 1. The van der Waals surface area contributed by atoms with Crippen molar-refractivity contribution in [2.24, 2.45) is 4.99 Å². The number of rotatable bonds is 9. The lowest BCUT2D eigenvalue weighted by atomic mass is 10.1. The van der Waals surface area contributed by atoms with Crippen LogP contribution in [-0.4, -0.2) is 52.4 Å². The molecule has 0 fully saturated rings. The van der Waals surface area contributed by atoms with Gasteiger partial charge >= 0.3 is 0 Å². The lowest BCUT2D eigenvalue weighted by Crippen LogP contribution is -2.28. The maximum Gasteiger partial charge on any atom is 0.255 e. The van der Waals surface area contributed by atoms with Gasteiger partial charge in [0.2, 0.25) is 0 Å². The standard InChI is InChI=1S/C22H25BrN2O2S.C3H7NO.CH2O/c1-5-17(6-2)15-25(7-3)28(27)20-10-8-9-18(14-20)22(26)24-21-12-11-19(23)13-16(21)4;1-3(5)4-2;1-2/h5-6,8-14H,1,7,15H2,2-4H3,(H,24,26);3,5H,2H2,1H3;1H2/b17-6+;;. The van der Waals surface area contributed by atoms with E-state index in [1.807, 2.05) is 56.1 Å². The molecule has 2 unspecified atom stereocenters. The molecule has 35 heavy (non-hydrogen) atoms.